The molecule has 238 valence electrons. The predicted octanol–water partition coefficient (Wildman–Crippen LogP) is 6.03. The number of hydrogen-bond acceptors (Lipinski definition) is 8. The minimum absolute atomic E-state index is 0.0208. The van der Waals surface area contributed by atoms with Gasteiger partial charge in [-0.2, -0.15) is 9.97 Å². The molecule has 3 heterocycles. The minimum atomic E-state index is -0.0208. The molecule has 0 saturated carbocycles. The fourth-order valence-electron chi connectivity index (χ4n) is 5.30. The first-order valence-electron chi connectivity index (χ1n) is 15.5. The van der Waals surface area contributed by atoms with E-state index in [0.29, 0.717) is 49.0 Å². The predicted molar refractivity (Wildman–Crippen MR) is 181 cm³/mol. The summed E-state index contributed by atoms with van der Waals surface area (Å²) in [5.74, 6) is 2.64. The van der Waals surface area contributed by atoms with Crippen LogP contribution in [0.1, 0.15) is 53.4 Å². The number of aromatic nitrogens is 4. The molecule has 10 heteroatoms. The first-order valence-corrected chi connectivity index (χ1v) is 15.5. The number of carbonyl (C=O) groups excluding carboxylic acids is 1. The van der Waals surface area contributed by atoms with Gasteiger partial charge >= 0.3 is 0 Å². The van der Waals surface area contributed by atoms with Crippen LogP contribution in [0.4, 0.5) is 11.8 Å². The first-order chi connectivity index (χ1) is 22.0. The fourth-order valence-corrected chi connectivity index (χ4v) is 5.30. The number of likely N-dealkylation sites (N-methyl/N-ethyl adjacent to an activating group) is 2. The molecule has 0 radical (unpaired) electrons. The monoisotopic (exact) mass is 619 g/mol. The lowest BCUT2D eigenvalue weighted by atomic mass is 9.86. The van der Waals surface area contributed by atoms with Crippen molar-refractivity contribution in [3.63, 3.8) is 0 Å². The van der Waals surface area contributed by atoms with Crippen molar-refractivity contribution in [2.75, 3.05) is 44.2 Å². The van der Waals surface area contributed by atoms with Crippen LogP contribution in [0, 0.1) is 6.92 Å². The molecule has 0 atom stereocenters. The van der Waals surface area contributed by atoms with E-state index in [0.717, 1.165) is 28.3 Å². The van der Waals surface area contributed by atoms with Crippen molar-refractivity contribution in [3.05, 3.63) is 101 Å². The number of nitrogens with zero attached hydrogens (tertiary/aromatic N) is 6. The van der Waals surface area contributed by atoms with E-state index in [-0.39, 0.29) is 18.1 Å². The molecule has 0 spiro atoms. The molecule has 5 aromatic rings. The van der Waals surface area contributed by atoms with Gasteiger partial charge in [-0.15, -0.1) is 0 Å². The van der Waals surface area contributed by atoms with E-state index in [9.17, 15) is 4.79 Å². The van der Waals surface area contributed by atoms with Crippen molar-refractivity contribution in [2.45, 2.75) is 46.2 Å². The van der Waals surface area contributed by atoms with Gasteiger partial charge in [-0.3, -0.25) is 4.79 Å². The number of anilines is 2. The van der Waals surface area contributed by atoms with Crippen LogP contribution in [0.2, 0.25) is 0 Å². The molecular weight excluding hydrogens is 578 g/mol. The number of carbonyl (C=O) groups is 1. The molecule has 1 N–H and O–H groups in total. The van der Waals surface area contributed by atoms with Gasteiger partial charge < -0.3 is 29.2 Å². The van der Waals surface area contributed by atoms with E-state index in [1.807, 2.05) is 72.4 Å². The normalized spacial score (nSPS) is 12.4. The van der Waals surface area contributed by atoms with Crippen molar-refractivity contribution in [1.29, 1.82) is 0 Å². The number of nitrogens with one attached hydrogen (secondary N) is 1. The highest BCUT2D eigenvalue weighted by molar-refractivity contribution is 5.94. The Hall–Kier alpha value is -5.12. The maximum absolute atomic E-state index is 13.2. The van der Waals surface area contributed by atoms with E-state index in [1.165, 1.54) is 11.1 Å². The second-order valence-electron chi connectivity index (χ2n) is 12.9. The van der Waals surface area contributed by atoms with Crippen LogP contribution in [0.15, 0.2) is 73.1 Å². The third-order valence-corrected chi connectivity index (χ3v) is 8.28. The van der Waals surface area contributed by atoms with Crippen molar-refractivity contribution in [3.8, 4) is 11.5 Å². The molecule has 0 unspecified atom stereocenters. The lowest BCUT2D eigenvalue weighted by Gasteiger charge is -2.23. The molecule has 3 aromatic carbocycles. The Morgan fingerprint density at radius 2 is 1.63 bits per heavy atom. The first kappa shape index (κ1) is 30.9. The van der Waals surface area contributed by atoms with Gasteiger partial charge in [-0.1, -0.05) is 68.8 Å². The molecule has 0 fully saturated rings. The summed E-state index contributed by atoms with van der Waals surface area (Å²) < 4.78 is 13.1. The maximum atomic E-state index is 13.2. The van der Waals surface area contributed by atoms with Crippen LogP contribution in [0.3, 0.4) is 0 Å². The zero-order valence-corrected chi connectivity index (χ0v) is 27.4. The summed E-state index contributed by atoms with van der Waals surface area (Å²) in [4.78, 5) is 31.5. The number of rotatable bonds is 10. The van der Waals surface area contributed by atoms with E-state index in [1.54, 1.807) is 4.90 Å². The zero-order valence-electron chi connectivity index (χ0n) is 27.4. The van der Waals surface area contributed by atoms with Gasteiger partial charge in [0.25, 0.3) is 5.91 Å². The third-order valence-electron chi connectivity index (χ3n) is 8.28. The summed E-state index contributed by atoms with van der Waals surface area (Å²) in [6, 6.07) is 22.3. The van der Waals surface area contributed by atoms with Crippen LogP contribution < -0.4 is 19.7 Å². The second-order valence-corrected chi connectivity index (χ2v) is 12.9. The highest BCUT2D eigenvalue weighted by atomic mass is 16.7. The Morgan fingerprint density at radius 1 is 0.913 bits per heavy atom. The summed E-state index contributed by atoms with van der Waals surface area (Å²) in [6.45, 7) is 11.0. The van der Waals surface area contributed by atoms with Crippen molar-refractivity contribution in [1.82, 2.24) is 24.4 Å². The van der Waals surface area contributed by atoms with Crippen LogP contribution >= 0.6 is 0 Å². The highest BCUT2D eigenvalue weighted by Crippen LogP contribution is 2.33. The molecule has 46 heavy (non-hydrogen) atoms. The van der Waals surface area contributed by atoms with Gasteiger partial charge in [0.1, 0.15) is 0 Å². The van der Waals surface area contributed by atoms with Crippen molar-refractivity contribution in [2.24, 2.45) is 0 Å². The zero-order chi connectivity index (χ0) is 32.4. The summed E-state index contributed by atoms with van der Waals surface area (Å²) in [5, 5.41) is 3.48. The van der Waals surface area contributed by atoms with Gasteiger partial charge in [0.2, 0.25) is 12.7 Å². The quantitative estimate of drug-likeness (QED) is 0.202. The molecular formula is C36H41N7O3. The Balaban J connectivity index is 1.22. The van der Waals surface area contributed by atoms with E-state index >= 15 is 0 Å². The van der Waals surface area contributed by atoms with Gasteiger partial charge in [0.15, 0.2) is 28.5 Å². The summed E-state index contributed by atoms with van der Waals surface area (Å²) >= 11 is 0. The Morgan fingerprint density at radius 3 is 2.37 bits per heavy atom. The lowest BCUT2D eigenvalue weighted by molar-refractivity contribution is 0.0798. The molecule has 0 bridgehead atoms. The molecule has 1 amide bonds. The molecule has 2 aromatic heterocycles. The number of amides is 1. The fraction of sp³-hybridized carbons (Fsp3) is 0.333. The molecule has 1 aliphatic rings. The number of ether oxygens (including phenoxy) is 2. The highest BCUT2D eigenvalue weighted by Gasteiger charge is 2.20. The number of hydrogen-bond donors (Lipinski definition) is 1. The van der Waals surface area contributed by atoms with Crippen LogP contribution in [-0.2, 0) is 18.5 Å². The van der Waals surface area contributed by atoms with Gasteiger partial charge in [-0.25, -0.2) is 4.98 Å². The summed E-state index contributed by atoms with van der Waals surface area (Å²) in [7, 11) is 3.77. The minimum Gasteiger partial charge on any atom is -0.454 e. The number of aryl methyl sites for hydroxylation is 1. The van der Waals surface area contributed by atoms with E-state index in [4.69, 9.17) is 24.4 Å². The lowest BCUT2D eigenvalue weighted by Crippen LogP contribution is -2.35. The average molecular weight is 620 g/mol. The molecule has 6 rings (SSSR count). The van der Waals surface area contributed by atoms with Gasteiger partial charge in [-0.05, 0) is 53.3 Å². The Labute approximate surface area is 270 Å². The largest absolute Gasteiger partial charge is 0.454 e. The summed E-state index contributed by atoms with van der Waals surface area (Å²) in [5.41, 5.74) is 6.72. The maximum Gasteiger partial charge on any atom is 0.253 e. The molecule has 10 nitrogen and oxygen atoms in total. The van der Waals surface area contributed by atoms with Gasteiger partial charge in [0, 0.05) is 39.3 Å². The topological polar surface area (TPSA) is 97.6 Å². The molecule has 0 aliphatic carbocycles. The second kappa shape index (κ2) is 12.7. The molecule has 1 aliphatic heterocycles. The Bertz CT molecular complexity index is 1840. The van der Waals surface area contributed by atoms with Crippen LogP contribution in [0.5, 0.6) is 11.5 Å². The van der Waals surface area contributed by atoms with Gasteiger partial charge in [0.05, 0.1) is 12.9 Å². The number of fused-ring (bicyclic) bond motifs is 2. The van der Waals surface area contributed by atoms with Crippen LogP contribution in [0.25, 0.3) is 11.2 Å². The average Bonchev–Trinajstić information content (AvgIpc) is 3.69. The van der Waals surface area contributed by atoms with E-state index < -0.39 is 0 Å². The molecule has 0 saturated heterocycles. The number of imidazole rings is 1. The van der Waals surface area contributed by atoms with Crippen molar-refractivity contribution < 1.29 is 14.3 Å². The third kappa shape index (κ3) is 6.75. The standard InChI is InChI=1S/C36H41N7O3/c1-24-7-9-25(10-8-24)21-43-22-38-31-32(37-20-26-11-16-29-30(19-26)46-23-45-29)39-35(40-33(31)43)42(6)18-17-41(5)34(44)27-12-14-28(15-13-27)36(2,3)4/h7-16,19,22H,17-18,20-21,23H2,1-6H3,(H,37,39,40). The SMILES string of the molecule is Cc1ccc(Cn2cnc3c(NCc4ccc5c(c4)OCO5)nc(N(C)CCN(C)C(=O)c4ccc(C(C)(C)C)cc4)nc32)cc1. The Kier molecular flexibility index (Phi) is 8.53. The smallest absolute Gasteiger partial charge is 0.253 e. The number of benzene rings is 3. The summed E-state index contributed by atoms with van der Waals surface area (Å²) in [6.07, 6.45) is 1.81. The van der Waals surface area contributed by atoms with E-state index in [2.05, 4.69) is 57.3 Å². The van der Waals surface area contributed by atoms with Crippen LogP contribution in [-0.4, -0.2) is 64.3 Å². The van der Waals surface area contributed by atoms with Crippen molar-refractivity contribution >= 4 is 28.8 Å².